The molecule has 0 aliphatic heterocycles. The lowest BCUT2D eigenvalue weighted by Crippen LogP contribution is -2.29. The molecular formula is C9H13N3O3. The smallest absolute Gasteiger partial charge is 0.325 e. The fraction of sp³-hybridized carbons (Fsp3) is 0.444. The summed E-state index contributed by atoms with van der Waals surface area (Å²) in [6.45, 7) is 5.50. The van der Waals surface area contributed by atoms with Crippen molar-refractivity contribution in [2.75, 3.05) is 6.61 Å². The number of aromatic amines is 2. The Kier molecular flexibility index (Phi) is 3.43. The zero-order valence-corrected chi connectivity index (χ0v) is 8.88. The monoisotopic (exact) mass is 211 g/mol. The van der Waals surface area contributed by atoms with E-state index >= 15 is 0 Å². The first-order valence-electron chi connectivity index (χ1n) is 4.56. The fourth-order valence-electron chi connectivity index (χ4n) is 1.24. The molecule has 1 heterocycles. The second kappa shape index (κ2) is 4.59. The van der Waals surface area contributed by atoms with Crippen LogP contribution in [-0.2, 0) is 4.84 Å². The van der Waals surface area contributed by atoms with Crippen LogP contribution in [0.4, 0.5) is 0 Å². The third-order valence-corrected chi connectivity index (χ3v) is 1.82. The van der Waals surface area contributed by atoms with Gasteiger partial charge in [-0.2, -0.15) is 0 Å². The largest absolute Gasteiger partial charge is 0.396 e. The van der Waals surface area contributed by atoms with Gasteiger partial charge in [-0.05, 0) is 20.8 Å². The average Bonchev–Trinajstić information content (AvgIpc) is 2.12. The first kappa shape index (κ1) is 11.2. The van der Waals surface area contributed by atoms with Crippen LogP contribution >= 0.6 is 0 Å². The Balaban J connectivity index is 3.26. The molecule has 0 aliphatic carbocycles. The molecule has 1 aromatic rings. The van der Waals surface area contributed by atoms with Crippen molar-refractivity contribution in [2.24, 2.45) is 5.16 Å². The number of nitrogens with one attached hydrogen (secondary N) is 2. The van der Waals surface area contributed by atoms with Crippen LogP contribution in [-0.4, -0.2) is 22.3 Å². The van der Waals surface area contributed by atoms with Crippen LogP contribution in [0.1, 0.15) is 25.1 Å². The summed E-state index contributed by atoms with van der Waals surface area (Å²) in [5.41, 5.74) is 0.266. The van der Waals surface area contributed by atoms with Crippen molar-refractivity contribution < 1.29 is 4.84 Å². The highest BCUT2D eigenvalue weighted by molar-refractivity contribution is 5.98. The quantitative estimate of drug-likeness (QED) is 0.550. The summed E-state index contributed by atoms with van der Waals surface area (Å²) < 4.78 is 0. The van der Waals surface area contributed by atoms with Crippen LogP contribution in [0.25, 0.3) is 0 Å². The van der Waals surface area contributed by atoms with E-state index in [0.29, 0.717) is 23.6 Å². The minimum atomic E-state index is -0.523. The standard InChI is InChI=1S/C9H13N3O3/c1-4-15-12-6(3)7-5(2)10-9(14)11-8(7)13/h4H2,1-3H3,(H2,10,11,13,14)/b12-6+. The molecule has 0 atom stereocenters. The summed E-state index contributed by atoms with van der Waals surface area (Å²) in [7, 11) is 0. The lowest BCUT2D eigenvalue weighted by atomic mass is 10.1. The molecule has 2 N–H and O–H groups in total. The first-order chi connectivity index (χ1) is 7.06. The van der Waals surface area contributed by atoms with Crippen LogP contribution in [0.5, 0.6) is 0 Å². The summed E-state index contributed by atoms with van der Waals surface area (Å²) in [4.78, 5) is 31.8. The number of hydrogen-bond donors (Lipinski definition) is 2. The van der Waals surface area contributed by atoms with Crippen LogP contribution in [0.3, 0.4) is 0 Å². The van der Waals surface area contributed by atoms with E-state index in [1.807, 2.05) is 0 Å². The van der Waals surface area contributed by atoms with Crippen molar-refractivity contribution in [1.82, 2.24) is 9.97 Å². The number of aromatic nitrogens is 2. The van der Waals surface area contributed by atoms with Gasteiger partial charge in [0.15, 0.2) is 0 Å². The number of nitrogens with zero attached hydrogens (tertiary/aromatic N) is 1. The Morgan fingerprint density at radius 1 is 1.40 bits per heavy atom. The molecule has 0 saturated carbocycles. The van der Waals surface area contributed by atoms with Gasteiger partial charge in [0.1, 0.15) is 6.61 Å². The van der Waals surface area contributed by atoms with Gasteiger partial charge in [0.25, 0.3) is 5.56 Å². The molecule has 0 aromatic carbocycles. The van der Waals surface area contributed by atoms with Gasteiger partial charge >= 0.3 is 5.69 Å². The van der Waals surface area contributed by atoms with Crippen LogP contribution < -0.4 is 11.2 Å². The Hall–Kier alpha value is -1.85. The van der Waals surface area contributed by atoms with E-state index in [9.17, 15) is 9.59 Å². The predicted molar refractivity (Wildman–Crippen MR) is 56.3 cm³/mol. The summed E-state index contributed by atoms with van der Waals surface area (Å²) >= 11 is 0. The Bertz CT molecular complexity index is 484. The number of hydrogen-bond acceptors (Lipinski definition) is 4. The lowest BCUT2D eigenvalue weighted by molar-refractivity contribution is 0.159. The molecule has 0 fully saturated rings. The summed E-state index contributed by atoms with van der Waals surface area (Å²) in [5.74, 6) is 0. The first-order valence-corrected chi connectivity index (χ1v) is 4.56. The molecule has 15 heavy (non-hydrogen) atoms. The maximum Gasteiger partial charge on any atom is 0.325 e. The fourth-order valence-corrected chi connectivity index (χ4v) is 1.24. The van der Waals surface area contributed by atoms with E-state index < -0.39 is 11.2 Å². The molecule has 0 spiro atoms. The van der Waals surface area contributed by atoms with Crippen molar-refractivity contribution in [3.8, 4) is 0 Å². The summed E-state index contributed by atoms with van der Waals surface area (Å²) in [5, 5.41) is 3.74. The normalized spacial score (nSPS) is 11.5. The molecule has 0 unspecified atom stereocenters. The van der Waals surface area contributed by atoms with Crippen LogP contribution in [0.15, 0.2) is 14.7 Å². The minimum absolute atomic E-state index is 0.336. The van der Waals surface area contributed by atoms with Crippen molar-refractivity contribution in [3.63, 3.8) is 0 Å². The molecule has 6 nitrogen and oxygen atoms in total. The average molecular weight is 211 g/mol. The Labute approximate surface area is 86.0 Å². The Morgan fingerprint density at radius 3 is 2.60 bits per heavy atom. The van der Waals surface area contributed by atoms with E-state index in [0.717, 1.165) is 0 Å². The highest BCUT2D eigenvalue weighted by Gasteiger charge is 2.09. The molecule has 0 bridgehead atoms. The highest BCUT2D eigenvalue weighted by atomic mass is 16.6. The van der Waals surface area contributed by atoms with E-state index in [1.165, 1.54) is 0 Å². The van der Waals surface area contributed by atoms with Crippen LogP contribution in [0.2, 0.25) is 0 Å². The third-order valence-electron chi connectivity index (χ3n) is 1.82. The molecule has 6 heteroatoms. The molecule has 0 amide bonds. The number of H-pyrrole nitrogens is 2. The second-order valence-electron chi connectivity index (χ2n) is 3.00. The lowest BCUT2D eigenvalue weighted by Gasteiger charge is -2.02. The molecule has 0 saturated heterocycles. The van der Waals surface area contributed by atoms with Gasteiger partial charge in [-0.25, -0.2) is 4.79 Å². The van der Waals surface area contributed by atoms with Gasteiger partial charge in [-0.1, -0.05) is 5.16 Å². The third kappa shape index (κ3) is 2.55. The van der Waals surface area contributed by atoms with E-state index in [-0.39, 0.29) is 0 Å². The maximum absolute atomic E-state index is 11.5. The topological polar surface area (TPSA) is 87.3 Å². The highest BCUT2D eigenvalue weighted by Crippen LogP contribution is 1.98. The molecule has 0 radical (unpaired) electrons. The van der Waals surface area contributed by atoms with Gasteiger partial charge in [0, 0.05) is 5.69 Å². The zero-order valence-electron chi connectivity index (χ0n) is 8.88. The van der Waals surface area contributed by atoms with Crippen LogP contribution in [0, 0.1) is 6.92 Å². The number of aryl methyl sites for hydroxylation is 1. The van der Waals surface area contributed by atoms with E-state index in [1.54, 1.807) is 20.8 Å². The van der Waals surface area contributed by atoms with Crippen molar-refractivity contribution in [3.05, 3.63) is 32.1 Å². The van der Waals surface area contributed by atoms with Gasteiger partial charge in [-0.3, -0.25) is 9.78 Å². The zero-order chi connectivity index (χ0) is 11.4. The molecule has 82 valence electrons. The minimum Gasteiger partial charge on any atom is -0.396 e. The molecule has 0 aliphatic rings. The van der Waals surface area contributed by atoms with E-state index in [2.05, 4.69) is 15.1 Å². The molecular weight excluding hydrogens is 198 g/mol. The Morgan fingerprint density at radius 2 is 2.07 bits per heavy atom. The van der Waals surface area contributed by atoms with Gasteiger partial charge in [-0.15, -0.1) is 0 Å². The summed E-state index contributed by atoms with van der Waals surface area (Å²) in [6.07, 6.45) is 0. The SMILES string of the molecule is CCO/N=C(\C)c1c(C)[nH]c(=O)[nH]c1=O. The van der Waals surface area contributed by atoms with E-state index in [4.69, 9.17) is 4.84 Å². The second-order valence-corrected chi connectivity index (χ2v) is 3.00. The summed E-state index contributed by atoms with van der Waals surface area (Å²) in [6, 6.07) is 0. The van der Waals surface area contributed by atoms with Gasteiger partial charge < -0.3 is 9.82 Å². The van der Waals surface area contributed by atoms with Crippen molar-refractivity contribution in [1.29, 1.82) is 0 Å². The molecule has 1 rings (SSSR count). The van der Waals surface area contributed by atoms with Crippen molar-refractivity contribution in [2.45, 2.75) is 20.8 Å². The molecule has 1 aromatic heterocycles. The van der Waals surface area contributed by atoms with Gasteiger partial charge in [0.05, 0.1) is 11.3 Å². The van der Waals surface area contributed by atoms with Crippen molar-refractivity contribution >= 4 is 5.71 Å². The predicted octanol–water partition coefficient (Wildman–Crippen LogP) is 0.132. The number of rotatable bonds is 3. The maximum atomic E-state index is 11.5. The number of oxime groups is 1. The van der Waals surface area contributed by atoms with Gasteiger partial charge in [0.2, 0.25) is 0 Å².